The molecule has 10 heteroatoms. The summed E-state index contributed by atoms with van der Waals surface area (Å²) >= 11 is 0. The second-order valence-electron chi connectivity index (χ2n) is 5.84. The van der Waals surface area contributed by atoms with Gasteiger partial charge in [-0.15, -0.1) is 0 Å². The van der Waals surface area contributed by atoms with Crippen molar-refractivity contribution < 1.29 is 35.9 Å². The number of halogens is 4. The van der Waals surface area contributed by atoms with Gasteiger partial charge in [-0.1, -0.05) is 6.92 Å². The normalized spacial score (nSPS) is 23.2. The molecule has 0 aromatic heterocycles. The Bertz CT molecular complexity index is 748. The molecular weight excluding hydrogens is 354 g/mol. The van der Waals surface area contributed by atoms with Crippen LogP contribution in [0.5, 0.6) is 0 Å². The standard InChI is InChI=1S/C14H15F4NO4S/c1-8-4-9(13(20)21)7-19(6-8)24(22,23)12-5-10(14(16,17)18)2-3-11(12)15/h2-3,5,8-9H,4,6-7H2,1H3,(H,20,21). The van der Waals surface area contributed by atoms with E-state index in [-0.39, 0.29) is 24.9 Å². The summed E-state index contributed by atoms with van der Waals surface area (Å²) in [6.45, 7) is 1.14. The average molecular weight is 369 g/mol. The Hall–Kier alpha value is -1.68. The fourth-order valence-corrected chi connectivity index (χ4v) is 4.39. The van der Waals surface area contributed by atoms with E-state index in [1.54, 1.807) is 6.92 Å². The number of benzene rings is 1. The third-order valence-electron chi connectivity index (χ3n) is 3.85. The van der Waals surface area contributed by atoms with Gasteiger partial charge in [0.25, 0.3) is 0 Å². The van der Waals surface area contributed by atoms with Crippen molar-refractivity contribution in [3.63, 3.8) is 0 Å². The summed E-state index contributed by atoms with van der Waals surface area (Å²) in [6.07, 6.45) is -4.58. The third kappa shape index (κ3) is 3.69. The first-order valence-electron chi connectivity index (χ1n) is 7.02. The lowest BCUT2D eigenvalue weighted by atomic mass is 9.92. The van der Waals surface area contributed by atoms with E-state index in [1.807, 2.05) is 0 Å². The Labute approximate surface area is 135 Å². The molecule has 1 aromatic carbocycles. The van der Waals surface area contributed by atoms with Crippen molar-refractivity contribution in [1.29, 1.82) is 0 Å². The van der Waals surface area contributed by atoms with Crippen molar-refractivity contribution in [1.82, 2.24) is 4.31 Å². The van der Waals surface area contributed by atoms with Gasteiger partial charge in [0.15, 0.2) is 0 Å². The lowest BCUT2D eigenvalue weighted by molar-refractivity contribution is -0.143. The predicted octanol–water partition coefficient (Wildman–Crippen LogP) is 2.58. The Kier molecular flexibility index (Phi) is 4.91. The van der Waals surface area contributed by atoms with Gasteiger partial charge in [0.05, 0.1) is 11.5 Å². The first kappa shape index (κ1) is 18.7. The average Bonchev–Trinajstić information content (AvgIpc) is 2.45. The zero-order valence-electron chi connectivity index (χ0n) is 12.5. The second kappa shape index (κ2) is 6.32. The van der Waals surface area contributed by atoms with E-state index in [4.69, 9.17) is 5.11 Å². The molecule has 1 aromatic rings. The number of sulfonamides is 1. The second-order valence-corrected chi connectivity index (χ2v) is 7.75. The maximum absolute atomic E-state index is 13.9. The van der Waals surface area contributed by atoms with Crippen LogP contribution in [0.4, 0.5) is 17.6 Å². The minimum Gasteiger partial charge on any atom is -0.481 e. The molecule has 5 nitrogen and oxygen atoms in total. The van der Waals surface area contributed by atoms with Crippen molar-refractivity contribution >= 4 is 16.0 Å². The SMILES string of the molecule is CC1CC(C(=O)O)CN(S(=O)(=O)c2cc(C(F)(F)F)ccc2F)C1. The van der Waals surface area contributed by atoms with Gasteiger partial charge in [0.1, 0.15) is 10.7 Å². The molecular formula is C14H15F4NO4S. The van der Waals surface area contributed by atoms with Crippen molar-refractivity contribution in [3.05, 3.63) is 29.6 Å². The van der Waals surface area contributed by atoms with Crippen LogP contribution in [0.3, 0.4) is 0 Å². The largest absolute Gasteiger partial charge is 0.481 e. The summed E-state index contributed by atoms with van der Waals surface area (Å²) in [6, 6.07) is 1.13. The van der Waals surface area contributed by atoms with Gasteiger partial charge in [-0.2, -0.15) is 17.5 Å². The van der Waals surface area contributed by atoms with Crippen molar-refractivity contribution in [3.8, 4) is 0 Å². The topological polar surface area (TPSA) is 74.7 Å². The predicted molar refractivity (Wildman–Crippen MR) is 75.1 cm³/mol. The molecule has 0 radical (unpaired) electrons. The number of hydrogen-bond donors (Lipinski definition) is 1. The number of aliphatic carboxylic acids is 1. The summed E-state index contributed by atoms with van der Waals surface area (Å²) in [5, 5.41) is 9.07. The summed E-state index contributed by atoms with van der Waals surface area (Å²) in [7, 11) is -4.58. The molecule has 0 saturated carbocycles. The fraction of sp³-hybridized carbons (Fsp3) is 0.500. The number of carbonyl (C=O) groups is 1. The molecule has 134 valence electrons. The fourth-order valence-electron chi connectivity index (χ4n) is 2.69. The van der Waals surface area contributed by atoms with Gasteiger partial charge in [0, 0.05) is 13.1 Å². The van der Waals surface area contributed by atoms with Gasteiger partial charge in [-0.3, -0.25) is 4.79 Å². The highest BCUT2D eigenvalue weighted by Gasteiger charge is 2.39. The highest BCUT2D eigenvalue weighted by atomic mass is 32.2. The van der Waals surface area contributed by atoms with Crippen molar-refractivity contribution in [2.45, 2.75) is 24.4 Å². The summed E-state index contributed by atoms with van der Waals surface area (Å²) < 4.78 is 77.9. The summed E-state index contributed by atoms with van der Waals surface area (Å²) in [4.78, 5) is 10.0. The van der Waals surface area contributed by atoms with Crippen molar-refractivity contribution in [2.24, 2.45) is 11.8 Å². The molecule has 1 saturated heterocycles. The van der Waals surface area contributed by atoms with Crippen LogP contribution in [0.1, 0.15) is 18.9 Å². The number of carboxylic acid groups (broad SMARTS) is 1. The van der Waals surface area contributed by atoms with Gasteiger partial charge in [0.2, 0.25) is 10.0 Å². The van der Waals surface area contributed by atoms with Gasteiger partial charge in [-0.25, -0.2) is 12.8 Å². The molecule has 0 spiro atoms. The minimum atomic E-state index is -4.82. The first-order valence-corrected chi connectivity index (χ1v) is 8.46. The summed E-state index contributed by atoms with van der Waals surface area (Å²) in [5.74, 6) is -3.82. The quantitative estimate of drug-likeness (QED) is 0.831. The molecule has 0 aliphatic carbocycles. The summed E-state index contributed by atoms with van der Waals surface area (Å²) in [5.41, 5.74) is -1.29. The zero-order valence-corrected chi connectivity index (χ0v) is 13.4. The van der Waals surface area contributed by atoms with Crippen LogP contribution < -0.4 is 0 Å². The molecule has 2 atom stereocenters. The molecule has 0 amide bonds. The maximum Gasteiger partial charge on any atom is 0.416 e. The smallest absolute Gasteiger partial charge is 0.416 e. The lowest BCUT2D eigenvalue weighted by Gasteiger charge is -2.33. The minimum absolute atomic E-state index is 0.0815. The number of rotatable bonds is 3. The molecule has 1 N–H and O–H groups in total. The molecule has 1 aliphatic heterocycles. The molecule has 24 heavy (non-hydrogen) atoms. The lowest BCUT2D eigenvalue weighted by Crippen LogP contribution is -2.45. The van der Waals surface area contributed by atoms with Gasteiger partial charge >= 0.3 is 12.1 Å². The van der Waals surface area contributed by atoms with Crippen molar-refractivity contribution in [2.75, 3.05) is 13.1 Å². The van der Waals surface area contributed by atoms with E-state index in [2.05, 4.69) is 0 Å². The van der Waals surface area contributed by atoms with Crippen LogP contribution >= 0.6 is 0 Å². The molecule has 1 heterocycles. The molecule has 0 bridgehead atoms. The molecule has 1 fully saturated rings. The van der Waals surface area contributed by atoms with E-state index in [0.29, 0.717) is 12.1 Å². The third-order valence-corrected chi connectivity index (χ3v) is 5.70. The maximum atomic E-state index is 13.9. The van der Waals surface area contributed by atoms with Gasteiger partial charge in [-0.05, 0) is 30.5 Å². The van der Waals surface area contributed by atoms with E-state index >= 15 is 0 Å². The number of carboxylic acids is 1. The van der Waals surface area contributed by atoms with Crippen LogP contribution in [0, 0.1) is 17.7 Å². The van der Waals surface area contributed by atoms with Crippen LogP contribution in [0.2, 0.25) is 0 Å². The Balaban J connectivity index is 2.45. The zero-order chi connectivity index (χ0) is 18.3. The Morgan fingerprint density at radius 1 is 1.29 bits per heavy atom. The van der Waals surface area contributed by atoms with E-state index in [1.165, 1.54) is 0 Å². The van der Waals surface area contributed by atoms with E-state index in [0.717, 1.165) is 4.31 Å². The molecule has 2 rings (SSSR count). The monoisotopic (exact) mass is 369 g/mol. The van der Waals surface area contributed by atoms with Crippen LogP contribution in [0.15, 0.2) is 23.1 Å². The van der Waals surface area contributed by atoms with Crippen LogP contribution in [0.25, 0.3) is 0 Å². The first-order chi connectivity index (χ1) is 10.9. The van der Waals surface area contributed by atoms with E-state index in [9.17, 15) is 30.8 Å². The number of hydrogen-bond acceptors (Lipinski definition) is 3. The number of piperidine rings is 1. The number of nitrogens with zero attached hydrogens (tertiary/aromatic N) is 1. The molecule has 1 aliphatic rings. The van der Waals surface area contributed by atoms with Crippen LogP contribution in [-0.4, -0.2) is 36.9 Å². The Morgan fingerprint density at radius 3 is 2.46 bits per heavy atom. The number of alkyl halides is 3. The van der Waals surface area contributed by atoms with Crippen LogP contribution in [-0.2, 0) is 21.0 Å². The van der Waals surface area contributed by atoms with E-state index < -0.39 is 50.9 Å². The Morgan fingerprint density at radius 2 is 1.92 bits per heavy atom. The molecule has 2 unspecified atom stereocenters. The highest BCUT2D eigenvalue weighted by molar-refractivity contribution is 7.89. The van der Waals surface area contributed by atoms with Gasteiger partial charge < -0.3 is 5.11 Å². The highest BCUT2D eigenvalue weighted by Crippen LogP contribution is 2.33.